The quantitative estimate of drug-likeness (QED) is 0.876. The molecule has 1 amide bonds. The maximum atomic E-state index is 12.4. The standard InChI is InChI=1S/C16H19F2NO4/c17-16(18)23-12-3-1-9(2-4-12)13-6-14(13)15(22)19-7-10(20)5-11(21)8-19/h1-4,10-11,13-14,16,20-21H,5-8H2/t10-,11+,13-,14+/m1/s1. The number of amides is 1. The average molecular weight is 327 g/mol. The summed E-state index contributed by atoms with van der Waals surface area (Å²) in [6, 6.07) is 6.32. The van der Waals surface area contributed by atoms with E-state index >= 15 is 0 Å². The number of carbonyl (C=O) groups excluding carboxylic acids is 1. The molecule has 23 heavy (non-hydrogen) atoms. The molecule has 0 radical (unpaired) electrons. The van der Waals surface area contributed by atoms with Gasteiger partial charge in [0.25, 0.3) is 0 Å². The third-order valence-electron chi connectivity index (χ3n) is 4.36. The Bertz CT molecular complexity index is 556. The highest BCUT2D eigenvalue weighted by molar-refractivity contribution is 5.83. The van der Waals surface area contributed by atoms with Crippen molar-refractivity contribution in [2.75, 3.05) is 13.1 Å². The summed E-state index contributed by atoms with van der Waals surface area (Å²) in [6.07, 6.45) is -0.392. The van der Waals surface area contributed by atoms with Crippen molar-refractivity contribution in [3.63, 3.8) is 0 Å². The number of alkyl halides is 2. The largest absolute Gasteiger partial charge is 0.435 e. The fraction of sp³-hybridized carbons (Fsp3) is 0.562. The van der Waals surface area contributed by atoms with Crippen LogP contribution in [0.1, 0.15) is 24.3 Å². The zero-order valence-corrected chi connectivity index (χ0v) is 12.4. The predicted molar refractivity (Wildman–Crippen MR) is 77.1 cm³/mol. The van der Waals surface area contributed by atoms with Gasteiger partial charge in [-0.25, -0.2) is 0 Å². The van der Waals surface area contributed by atoms with E-state index in [1.807, 2.05) is 0 Å². The molecule has 2 N–H and O–H groups in total. The first kappa shape index (κ1) is 16.1. The number of halogens is 2. The topological polar surface area (TPSA) is 70.0 Å². The molecule has 0 aromatic heterocycles. The van der Waals surface area contributed by atoms with Gasteiger partial charge >= 0.3 is 6.61 Å². The summed E-state index contributed by atoms with van der Waals surface area (Å²) in [5, 5.41) is 19.3. The minimum atomic E-state index is -2.85. The number of ether oxygens (including phenoxy) is 1. The van der Waals surface area contributed by atoms with Crippen LogP contribution in [0, 0.1) is 5.92 Å². The van der Waals surface area contributed by atoms with Gasteiger partial charge in [-0.05, 0) is 30.0 Å². The van der Waals surface area contributed by atoms with Crippen molar-refractivity contribution in [1.29, 1.82) is 0 Å². The number of hydrogen-bond acceptors (Lipinski definition) is 4. The van der Waals surface area contributed by atoms with Crippen LogP contribution < -0.4 is 4.74 Å². The second-order valence-corrected chi connectivity index (χ2v) is 6.18. The molecule has 0 bridgehead atoms. The Morgan fingerprint density at radius 2 is 1.74 bits per heavy atom. The van der Waals surface area contributed by atoms with E-state index in [0.29, 0.717) is 12.8 Å². The second-order valence-electron chi connectivity index (χ2n) is 6.18. The fourth-order valence-corrected chi connectivity index (χ4v) is 3.19. The molecule has 1 saturated heterocycles. The smallest absolute Gasteiger partial charge is 0.387 e. The number of piperidine rings is 1. The van der Waals surface area contributed by atoms with Gasteiger partial charge in [0.1, 0.15) is 5.75 Å². The van der Waals surface area contributed by atoms with Gasteiger partial charge in [-0.1, -0.05) is 12.1 Å². The molecule has 5 nitrogen and oxygen atoms in total. The van der Waals surface area contributed by atoms with Crippen LogP contribution in [-0.2, 0) is 4.79 Å². The highest BCUT2D eigenvalue weighted by atomic mass is 19.3. The lowest BCUT2D eigenvalue weighted by molar-refractivity contribution is -0.139. The van der Waals surface area contributed by atoms with Crippen LogP contribution in [0.15, 0.2) is 24.3 Å². The summed E-state index contributed by atoms with van der Waals surface area (Å²) in [4.78, 5) is 13.9. The lowest BCUT2D eigenvalue weighted by atomic mass is 10.0. The first-order chi connectivity index (χ1) is 10.9. The summed E-state index contributed by atoms with van der Waals surface area (Å²) in [7, 11) is 0. The Labute approximate surface area is 132 Å². The van der Waals surface area contributed by atoms with Gasteiger partial charge in [0.2, 0.25) is 5.91 Å². The number of hydrogen-bond donors (Lipinski definition) is 2. The Hall–Kier alpha value is -1.73. The van der Waals surface area contributed by atoms with Crippen molar-refractivity contribution >= 4 is 5.91 Å². The minimum absolute atomic E-state index is 0.0549. The number of β-amino-alcohol motifs (C(OH)–C–C–N with tert-alkyl or cyclic N) is 2. The number of likely N-dealkylation sites (tertiary alicyclic amines) is 1. The van der Waals surface area contributed by atoms with Crippen molar-refractivity contribution in [2.45, 2.75) is 37.6 Å². The average Bonchev–Trinajstić information content (AvgIpc) is 3.26. The number of rotatable bonds is 4. The van der Waals surface area contributed by atoms with Gasteiger partial charge in [0, 0.05) is 25.4 Å². The molecule has 2 fully saturated rings. The first-order valence-corrected chi connectivity index (χ1v) is 7.63. The molecule has 3 rings (SSSR count). The van der Waals surface area contributed by atoms with E-state index in [9.17, 15) is 23.8 Å². The Balaban J connectivity index is 1.59. The van der Waals surface area contributed by atoms with Gasteiger partial charge in [-0.2, -0.15) is 8.78 Å². The van der Waals surface area contributed by atoms with Gasteiger partial charge in [0.15, 0.2) is 0 Å². The Morgan fingerprint density at radius 3 is 2.30 bits per heavy atom. The molecule has 2 aliphatic rings. The van der Waals surface area contributed by atoms with Crippen molar-refractivity contribution in [3.8, 4) is 5.75 Å². The maximum Gasteiger partial charge on any atom is 0.387 e. The highest BCUT2D eigenvalue weighted by Gasteiger charge is 2.46. The monoisotopic (exact) mass is 327 g/mol. The molecular weight excluding hydrogens is 308 g/mol. The summed E-state index contributed by atoms with van der Waals surface area (Å²) in [5.74, 6) is -0.0936. The zero-order valence-electron chi connectivity index (χ0n) is 12.4. The summed E-state index contributed by atoms with van der Waals surface area (Å²) in [6.45, 7) is -2.35. The summed E-state index contributed by atoms with van der Waals surface area (Å²) >= 11 is 0. The molecule has 4 atom stereocenters. The molecule has 1 aliphatic carbocycles. The van der Waals surface area contributed by atoms with Crippen LogP contribution >= 0.6 is 0 Å². The maximum absolute atomic E-state index is 12.4. The highest BCUT2D eigenvalue weighted by Crippen LogP contribution is 2.49. The Kier molecular flexibility index (Phi) is 4.50. The molecule has 1 aromatic carbocycles. The van der Waals surface area contributed by atoms with Crippen molar-refractivity contribution < 1.29 is 28.5 Å². The number of aliphatic hydroxyl groups excluding tert-OH is 2. The molecule has 7 heteroatoms. The van der Waals surface area contributed by atoms with Gasteiger partial charge in [-0.15, -0.1) is 0 Å². The SMILES string of the molecule is O=C([C@H]1C[C@@H]1c1ccc(OC(F)F)cc1)N1C[C@H](O)C[C@H](O)C1. The zero-order chi connectivity index (χ0) is 16.6. The molecule has 0 unspecified atom stereocenters. The van der Waals surface area contributed by atoms with E-state index in [1.54, 1.807) is 12.1 Å². The third-order valence-corrected chi connectivity index (χ3v) is 4.36. The molecular formula is C16H19F2NO4. The molecule has 1 heterocycles. The van der Waals surface area contributed by atoms with Gasteiger partial charge in [-0.3, -0.25) is 4.79 Å². The molecule has 1 saturated carbocycles. The van der Waals surface area contributed by atoms with Crippen LogP contribution in [0.5, 0.6) is 5.75 Å². The number of benzene rings is 1. The van der Waals surface area contributed by atoms with Crippen molar-refractivity contribution in [1.82, 2.24) is 4.90 Å². The van der Waals surface area contributed by atoms with Crippen LogP contribution in [0.25, 0.3) is 0 Å². The van der Waals surface area contributed by atoms with Crippen LogP contribution in [0.3, 0.4) is 0 Å². The van der Waals surface area contributed by atoms with E-state index in [1.165, 1.54) is 17.0 Å². The summed E-state index contributed by atoms with van der Waals surface area (Å²) in [5.41, 5.74) is 0.906. The van der Waals surface area contributed by atoms with E-state index in [4.69, 9.17) is 0 Å². The van der Waals surface area contributed by atoms with E-state index in [-0.39, 0.29) is 36.6 Å². The third kappa shape index (κ3) is 3.79. The normalized spacial score (nSPS) is 30.4. The van der Waals surface area contributed by atoms with Crippen LogP contribution in [0.2, 0.25) is 0 Å². The predicted octanol–water partition coefficient (Wildman–Crippen LogP) is 1.35. The van der Waals surface area contributed by atoms with Gasteiger partial charge in [0.05, 0.1) is 12.2 Å². The van der Waals surface area contributed by atoms with Crippen LogP contribution in [-0.4, -0.2) is 52.9 Å². The molecule has 1 aliphatic heterocycles. The van der Waals surface area contributed by atoms with Crippen molar-refractivity contribution in [3.05, 3.63) is 29.8 Å². The lowest BCUT2D eigenvalue weighted by Crippen LogP contribution is -2.49. The second kappa shape index (κ2) is 6.41. The minimum Gasteiger partial charge on any atom is -0.435 e. The van der Waals surface area contributed by atoms with E-state index in [2.05, 4.69) is 4.74 Å². The number of aliphatic hydroxyl groups is 2. The van der Waals surface area contributed by atoms with Gasteiger partial charge < -0.3 is 19.8 Å². The number of nitrogens with zero attached hydrogens (tertiary/aromatic N) is 1. The first-order valence-electron chi connectivity index (χ1n) is 7.63. The fourth-order valence-electron chi connectivity index (χ4n) is 3.19. The molecule has 126 valence electrons. The summed E-state index contributed by atoms with van der Waals surface area (Å²) < 4.78 is 28.5. The molecule has 0 spiro atoms. The van der Waals surface area contributed by atoms with Crippen molar-refractivity contribution in [2.24, 2.45) is 5.92 Å². The molecule has 1 aromatic rings. The Morgan fingerprint density at radius 1 is 1.13 bits per heavy atom. The lowest BCUT2D eigenvalue weighted by Gasteiger charge is -2.33. The van der Waals surface area contributed by atoms with E-state index < -0.39 is 18.8 Å². The van der Waals surface area contributed by atoms with Crippen LogP contribution in [0.4, 0.5) is 8.78 Å². The van der Waals surface area contributed by atoms with E-state index in [0.717, 1.165) is 5.56 Å². The number of carbonyl (C=O) groups is 1.